The molecule has 0 saturated carbocycles. The zero-order valence-corrected chi connectivity index (χ0v) is 11.9. The number of hydrogen-bond donors (Lipinski definition) is 1. The Balaban J connectivity index is 2.97. The first-order valence-electron chi connectivity index (χ1n) is 6.13. The molecule has 0 spiro atoms. The van der Waals surface area contributed by atoms with Crippen LogP contribution in [0.5, 0.6) is 0 Å². The van der Waals surface area contributed by atoms with Gasteiger partial charge in [0.1, 0.15) is 0 Å². The number of rotatable bonds is 4. The number of benzene rings is 1. The highest BCUT2D eigenvalue weighted by Gasteiger charge is 2.06. The molecule has 1 aromatic rings. The third kappa shape index (κ3) is 5.64. The summed E-state index contributed by atoms with van der Waals surface area (Å²) in [4.78, 5) is 4.56. The van der Waals surface area contributed by atoms with Crippen LogP contribution < -0.4 is 5.43 Å². The largest absolute Gasteiger partial charge is 0.326 e. The van der Waals surface area contributed by atoms with Gasteiger partial charge in [0, 0.05) is 32.1 Å². The van der Waals surface area contributed by atoms with Crippen LogP contribution in [0.2, 0.25) is 0 Å². The molecule has 0 unspecified atom stereocenters. The summed E-state index contributed by atoms with van der Waals surface area (Å²) in [6.45, 7) is 6.27. The Kier molecular flexibility index (Phi) is 5.10. The fraction of sp³-hybridized carbons (Fsp3) is 0.400. The monoisotopic (exact) mass is 245 g/mol. The number of hydrogen-bond acceptors (Lipinski definition) is 3. The Morgan fingerprint density at radius 1 is 1.17 bits per heavy atom. The van der Waals surface area contributed by atoms with Crippen molar-refractivity contribution >= 4 is 11.8 Å². The zero-order chi connectivity index (χ0) is 13.6. The van der Waals surface area contributed by atoms with E-state index < -0.39 is 0 Å². The average Bonchev–Trinajstić information content (AvgIpc) is 2.28. The van der Waals surface area contributed by atoms with Crippen LogP contribution in [0.15, 0.2) is 41.5 Å². The van der Waals surface area contributed by atoms with Crippen molar-refractivity contribution in [2.75, 3.05) is 14.1 Å². The Labute approximate surface area is 110 Å². The second kappa shape index (κ2) is 6.36. The van der Waals surface area contributed by atoms with Crippen molar-refractivity contribution < 1.29 is 0 Å². The molecule has 1 rings (SSSR count). The molecule has 3 heteroatoms. The van der Waals surface area contributed by atoms with Gasteiger partial charge >= 0.3 is 0 Å². The molecule has 18 heavy (non-hydrogen) atoms. The molecule has 0 aliphatic carbocycles. The molecule has 0 aliphatic rings. The molecule has 3 nitrogen and oxygen atoms in total. The molecule has 0 aromatic heterocycles. The van der Waals surface area contributed by atoms with Crippen molar-refractivity contribution in [1.82, 2.24) is 10.4 Å². The molecule has 0 radical (unpaired) electrons. The summed E-state index contributed by atoms with van der Waals surface area (Å²) >= 11 is 0. The number of allylic oxidation sites excluding steroid dienone is 1. The van der Waals surface area contributed by atoms with Crippen molar-refractivity contribution in [3.63, 3.8) is 0 Å². The van der Waals surface area contributed by atoms with Crippen LogP contribution in [0.25, 0.3) is 5.57 Å². The maximum Gasteiger partial charge on any atom is 0.0524 e. The number of aliphatic imine (C=N–C) groups is 1. The van der Waals surface area contributed by atoms with Crippen LogP contribution in [0.4, 0.5) is 0 Å². The Hall–Kier alpha value is -1.61. The van der Waals surface area contributed by atoms with Crippen LogP contribution in [0.1, 0.15) is 26.3 Å². The fourth-order valence-electron chi connectivity index (χ4n) is 1.29. The number of nitrogens with zero attached hydrogens (tertiary/aromatic N) is 2. The highest BCUT2D eigenvalue weighted by Crippen LogP contribution is 2.13. The highest BCUT2D eigenvalue weighted by atomic mass is 15.5. The first kappa shape index (κ1) is 14.5. The fourth-order valence-corrected chi connectivity index (χ4v) is 1.29. The molecule has 0 aliphatic heterocycles. The minimum absolute atomic E-state index is 0.0635. The molecular formula is C15H23N3. The van der Waals surface area contributed by atoms with E-state index in [1.54, 1.807) is 0 Å². The van der Waals surface area contributed by atoms with Gasteiger partial charge in [-0.2, -0.15) is 0 Å². The first-order valence-corrected chi connectivity index (χ1v) is 6.13. The zero-order valence-electron chi connectivity index (χ0n) is 11.9. The molecule has 0 bridgehead atoms. The van der Waals surface area contributed by atoms with Crippen LogP contribution in [0.3, 0.4) is 0 Å². The maximum atomic E-state index is 4.56. The third-order valence-corrected chi connectivity index (χ3v) is 2.18. The smallest absolute Gasteiger partial charge is 0.0524 e. The van der Waals surface area contributed by atoms with Gasteiger partial charge in [0.15, 0.2) is 0 Å². The molecule has 0 fully saturated rings. The lowest BCUT2D eigenvalue weighted by Gasteiger charge is -2.14. The lowest BCUT2D eigenvalue weighted by atomic mass is 10.1. The summed E-state index contributed by atoms with van der Waals surface area (Å²) < 4.78 is 0. The Bertz CT molecular complexity index is 411. The molecule has 0 heterocycles. The van der Waals surface area contributed by atoms with Crippen LogP contribution in [-0.4, -0.2) is 30.9 Å². The molecule has 0 atom stereocenters. The predicted molar refractivity (Wildman–Crippen MR) is 79.5 cm³/mol. The van der Waals surface area contributed by atoms with Crippen LogP contribution in [0, 0.1) is 0 Å². The van der Waals surface area contributed by atoms with Crippen molar-refractivity contribution in [3.05, 3.63) is 42.1 Å². The van der Waals surface area contributed by atoms with E-state index in [0.29, 0.717) is 0 Å². The highest BCUT2D eigenvalue weighted by molar-refractivity contribution is 6.09. The number of hydrazine groups is 1. The van der Waals surface area contributed by atoms with Crippen molar-refractivity contribution in [1.29, 1.82) is 0 Å². The Morgan fingerprint density at radius 2 is 1.78 bits per heavy atom. The van der Waals surface area contributed by atoms with E-state index >= 15 is 0 Å². The minimum Gasteiger partial charge on any atom is -0.326 e. The van der Waals surface area contributed by atoms with Gasteiger partial charge in [0.2, 0.25) is 0 Å². The van der Waals surface area contributed by atoms with Crippen molar-refractivity contribution in [2.24, 2.45) is 4.99 Å². The van der Waals surface area contributed by atoms with Gasteiger partial charge in [-0.1, -0.05) is 30.3 Å². The van der Waals surface area contributed by atoms with E-state index in [4.69, 9.17) is 0 Å². The van der Waals surface area contributed by atoms with Crippen molar-refractivity contribution in [2.45, 2.75) is 26.3 Å². The second-order valence-corrected chi connectivity index (χ2v) is 5.42. The maximum absolute atomic E-state index is 4.56. The van der Waals surface area contributed by atoms with E-state index in [9.17, 15) is 0 Å². The standard InChI is InChI=1S/C15H23N3/c1-15(2,3)16-11-14(12-17-18(4)5)13-9-7-6-8-10-13/h6-12,17H,1-5H3/b14-12+,16-11?. The summed E-state index contributed by atoms with van der Waals surface area (Å²) in [7, 11) is 3.92. The summed E-state index contributed by atoms with van der Waals surface area (Å²) in [6, 6.07) is 10.2. The first-order chi connectivity index (χ1) is 8.38. The van der Waals surface area contributed by atoms with Gasteiger partial charge in [-0.05, 0) is 26.3 Å². The summed E-state index contributed by atoms with van der Waals surface area (Å²) in [5, 5.41) is 1.90. The molecule has 0 saturated heterocycles. The third-order valence-electron chi connectivity index (χ3n) is 2.18. The van der Waals surface area contributed by atoms with Gasteiger partial charge in [0.05, 0.1) is 5.54 Å². The molecular weight excluding hydrogens is 222 g/mol. The van der Waals surface area contributed by atoms with Crippen molar-refractivity contribution in [3.8, 4) is 0 Å². The molecule has 1 aromatic carbocycles. The average molecular weight is 245 g/mol. The van der Waals surface area contributed by atoms with Gasteiger partial charge in [-0.25, -0.2) is 5.01 Å². The predicted octanol–water partition coefficient (Wildman–Crippen LogP) is 2.96. The summed E-state index contributed by atoms with van der Waals surface area (Å²) in [5.41, 5.74) is 5.32. The van der Waals surface area contributed by atoms with Gasteiger partial charge in [-0.15, -0.1) is 0 Å². The molecule has 0 amide bonds. The van der Waals surface area contributed by atoms with E-state index in [-0.39, 0.29) is 5.54 Å². The Morgan fingerprint density at radius 3 is 2.28 bits per heavy atom. The van der Waals surface area contributed by atoms with Gasteiger partial charge in [-0.3, -0.25) is 4.99 Å². The quantitative estimate of drug-likeness (QED) is 0.652. The molecule has 1 N–H and O–H groups in total. The van der Waals surface area contributed by atoms with Crippen LogP contribution in [-0.2, 0) is 0 Å². The lowest BCUT2D eigenvalue weighted by Crippen LogP contribution is -2.25. The SMILES string of the molecule is CN(C)N/C=C(\C=NC(C)(C)C)c1ccccc1. The summed E-state index contributed by atoms with van der Waals surface area (Å²) in [5.74, 6) is 0. The lowest BCUT2D eigenvalue weighted by molar-refractivity contribution is 0.343. The van der Waals surface area contributed by atoms with E-state index in [0.717, 1.165) is 11.1 Å². The van der Waals surface area contributed by atoms with E-state index in [1.807, 2.05) is 49.7 Å². The molecule has 98 valence electrons. The van der Waals surface area contributed by atoms with E-state index in [2.05, 4.69) is 43.3 Å². The topological polar surface area (TPSA) is 27.6 Å². The van der Waals surface area contributed by atoms with Gasteiger partial charge in [0.25, 0.3) is 0 Å². The van der Waals surface area contributed by atoms with Crippen LogP contribution >= 0.6 is 0 Å². The van der Waals surface area contributed by atoms with E-state index in [1.165, 1.54) is 0 Å². The van der Waals surface area contributed by atoms with Gasteiger partial charge < -0.3 is 5.43 Å². The second-order valence-electron chi connectivity index (χ2n) is 5.42. The minimum atomic E-state index is -0.0635. The normalized spacial score (nSPS) is 13.3. The summed E-state index contributed by atoms with van der Waals surface area (Å²) in [6.07, 6.45) is 3.89. The number of nitrogens with one attached hydrogen (secondary N) is 1.